The second-order valence-corrected chi connectivity index (χ2v) is 47.7. The molecule has 120 valence electrons. The molecule has 0 amide bonds. The fourth-order valence-corrected chi connectivity index (χ4v) is 53.5. The van der Waals surface area contributed by atoms with Crippen molar-refractivity contribution >= 4 is 53.9 Å². The molecule has 0 aromatic heterocycles. The maximum Gasteiger partial charge on any atom is 0.0677 e. The van der Waals surface area contributed by atoms with Gasteiger partial charge in [0.2, 0.25) is 0 Å². The molecule has 0 nitrogen and oxygen atoms in total. The fourth-order valence-electron chi connectivity index (χ4n) is 3.02. The summed E-state index contributed by atoms with van der Waals surface area (Å²) in [6.45, 7) is 27.0. The van der Waals surface area contributed by atoms with Crippen molar-refractivity contribution in [1.82, 2.24) is 0 Å². The molecule has 0 atom stereocenters. The highest BCUT2D eigenvalue weighted by molar-refractivity contribution is 8.26. The van der Waals surface area contributed by atoms with Gasteiger partial charge in [0.25, 0.3) is 0 Å². The van der Waals surface area contributed by atoms with Crippen LogP contribution in [0, 0.1) is 0 Å². The third-order valence-corrected chi connectivity index (χ3v) is 59.6. The van der Waals surface area contributed by atoms with Gasteiger partial charge in [0.1, 0.15) is 0 Å². The highest BCUT2D eigenvalue weighted by Crippen LogP contribution is 2.57. The molecule has 1 rings (SSSR count). The Bertz CT molecular complexity index is 319. The van der Waals surface area contributed by atoms with E-state index in [4.69, 9.17) is 0 Å². The van der Waals surface area contributed by atoms with E-state index in [-0.39, 0.29) is 0 Å². The smallest absolute Gasteiger partial charge is 0.0677 e. The molecule has 1 heterocycles. The summed E-state index contributed by atoms with van der Waals surface area (Å²) in [7, 11) is -4.63. The van der Waals surface area contributed by atoms with Crippen LogP contribution in [0.2, 0.25) is 65.5 Å². The van der Waals surface area contributed by atoms with Gasteiger partial charge in [-0.2, -0.15) is 23.5 Å². The molecule has 0 aromatic carbocycles. The minimum atomic E-state index is -1.24. The molecule has 1 aliphatic heterocycles. The van der Waals surface area contributed by atoms with E-state index in [2.05, 4.69) is 89.0 Å². The van der Waals surface area contributed by atoms with Crippen LogP contribution in [0.4, 0.5) is 0 Å². The van der Waals surface area contributed by atoms with Gasteiger partial charge in [-0.05, 0) is 17.9 Å². The second-order valence-electron chi connectivity index (χ2n) is 9.42. The molecule has 1 fully saturated rings. The summed E-state index contributed by atoms with van der Waals surface area (Å²) in [5, 5.41) is 0. The van der Waals surface area contributed by atoms with E-state index in [1.54, 1.807) is 0 Å². The molecule has 0 bridgehead atoms. The molecule has 0 N–H and O–H groups in total. The lowest BCUT2D eigenvalue weighted by atomic mass is 10.6. The standard InChI is InChI=1S/C14H36S2Si4/c1-17(2,3)19(7,8)14(15-12-11-13-16-14)20(9,10)18(4,5)6/h11-13H2,1-10H3. The number of hydrogen-bond acceptors (Lipinski definition) is 2. The molecule has 0 saturated carbocycles. The summed E-state index contributed by atoms with van der Waals surface area (Å²) in [5.74, 6) is 2.85. The number of rotatable bonds is 4. The lowest BCUT2D eigenvalue weighted by Gasteiger charge is -2.62. The second kappa shape index (κ2) is 5.89. The number of thioether (sulfide) groups is 2. The van der Waals surface area contributed by atoms with Crippen LogP contribution in [0.3, 0.4) is 0 Å². The van der Waals surface area contributed by atoms with Crippen molar-refractivity contribution in [2.45, 2.75) is 75.2 Å². The molecular weight excluding hydrogens is 345 g/mol. The maximum absolute atomic E-state index is 2.76. The van der Waals surface area contributed by atoms with Crippen LogP contribution in [-0.4, -0.2) is 45.2 Å². The van der Waals surface area contributed by atoms with E-state index in [1.807, 2.05) is 0 Å². The minimum Gasteiger partial charge on any atom is -0.152 e. The van der Waals surface area contributed by atoms with Crippen molar-refractivity contribution in [3.63, 3.8) is 0 Å². The Kier molecular flexibility index (Phi) is 5.78. The van der Waals surface area contributed by atoms with Crippen LogP contribution in [0.5, 0.6) is 0 Å². The van der Waals surface area contributed by atoms with Crippen molar-refractivity contribution in [2.24, 2.45) is 0 Å². The summed E-state index contributed by atoms with van der Waals surface area (Å²) in [6, 6.07) is 0. The van der Waals surface area contributed by atoms with Gasteiger partial charge in [-0.1, -0.05) is 65.5 Å². The molecule has 20 heavy (non-hydrogen) atoms. The quantitative estimate of drug-likeness (QED) is 0.558. The maximum atomic E-state index is 2.76. The van der Waals surface area contributed by atoms with Gasteiger partial charge >= 0.3 is 0 Å². The minimum absolute atomic E-state index is 0.674. The van der Waals surface area contributed by atoms with Gasteiger partial charge in [0.15, 0.2) is 0 Å². The largest absolute Gasteiger partial charge is 0.152 e. The van der Waals surface area contributed by atoms with Crippen LogP contribution >= 0.6 is 23.5 Å². The zero-order valence-corrected chi connectivity index (χ0v) is 21.1. The fraction of sp³-hybridized carbons (Fsp3) is 1.00. The predicted molar refractivity (Wildman–Crippen MR) is 114 cm³/mol. The van der Waals surface area contributed by atoms with E-state index >= 15 is 0 Å². The molecule has 0 unspecified atom stereocenters. The Hall–Kier alpha value is 1.57. The topological polar surface area (TPSA) is 0 Å². The van der Waals surface area contributed by atoms with E-state index in [0.29, 0.717) is 3.33 Å². The van der Waals surface area contributed by atoms with Crippen molar-refractivity contribution in [3.8, 4) is 0 Å². The van der Waals surface area contributed by atoms with Crippen molar-refractivity contribution in [2.75, 3.05) is 11.5 Å². The summed E-state index contributed by atoms with van der Waals surface area (Å²) in [5.41, 5.74) is 0. The zero-order chi connectivity index (χ0) is 16.0. The van der Waals surface area contributed by atoms with Crippen molar-refractivity contribution in [1.29, 1.82) is 0 Å². The van der Waals surface area contributed by atoms with Gasteiger partial charge in [-0.15, -0.1) is 0 Å². The van der Waals surface area contributed by atoms with Gasteiger partial charge in [0.05, 0.1) is 15.2 Å². The third-order valence-electron chi connectivity index (χ3n) is 6.29. The van der Waals surface area contributed by atoms with E-state index < -0.39 is 30.4 Å². The van der Waals surface area contributed by atoms with Gasteiger partial charge < -0.3 is 0 Å². The van der Waals surface area contributed by atoms with Crippen molar-refractivity contribution < 1.29 is 0 Å². The first-order chi connectivity index (χ1) is 8.71. The summed E-state index contributed by atoms with van der Waals surface area (Å²) in [6.07, 6.45) is 1.43. The molecule has 1 aliphatic rings. The average Bonchev–Trinajstić information content (AvgIpc) is 2.26. The molecule has 0 aliphatic carbocycles. The molecule has 0 aromatic rings. The Morgan fingerprint density at radius 3 is 1.15 bits per heavy atom. The molecule has 0 radical (unpaired) electrons. The van der Waals surface area contributed by atoms with Gasteiger partial charge in [-0.3, -0.25) is 0 Å². The van der Waals surface area contributed by atoms with Crippen LogP contribution in [0.25, 0.3) is 0 Å². The van der Waals surface area contributed by atoms with Crippen LogP contribution in [0.1, 0.15) is 6.42 Å². The van der Waals surface area contributed by atoms with E-state index in [0.717, 1.165) is 0 Å². The normalized spacial score (nSPS) is 21.9. The average molecular weight is 381 g/mol. The van der Waals surface area contributed by atoms with Crippen LogP contribution in [-0.2, 0) is 0 Å². The monoisotopic (exact) mass is 380 g/mol. The highest BCUT2D eigenvalue weighted by atomic mass is 32.2. The number of hydrogen-bond donors (Lipinski definition) is 0. The van der Waals surface area contributed by atoms with Gasteiger partial charge in [-0.25, -0.2) is 0 Å². The Labute approximate surface area is 140 Å². The summed E-state index contributed by atoms with van der Waals surface area (Å²) in [4.78, 5) is 0. The zero-order valence-electron chi connectivity index (χ0n) is 15.4. The first-order valence-corrected chi connectivity index (χ1v) is 25.0. The predicted octanol–water partition coefficient (Wildman–Crippen LogP) is 5.88. The Balaban J connectivity index is 3.46. The lowest BCUT2D eigenvalue weighted by Crippen LogP contribution is -2.80. The molecule has 0 spiro atoms. The lowest BCUT2D eigenvalue weighted by molar-refractivity contribution is 1.10. The third kappa shape index (κ3) is 2.98. The SMILES string of the molecule is C[Si](C)(C)[Si](C)(C)C1([Si](C)(C)[Si](C)(C)C)SCCCS1. The Morgan fingerprint density at radius 1 is 0.600 bits per heavy atom. The van der Waals surface area contributed by atoms with E-state index in [9.17, 15) is 0 Å². The first kappa shape index (κ1) is 19.6. The van der Waals surface area contributed by atoms with E-state index in [1.165, 1.54) is 17.9 Å². The molecule has 1 saturated heterocycles. The summed E-state index contributed by atoms with van der Waals surface area (Å²) < 4.78 is 0.674. The van der Waals surface area contributed by atoms with Crippen molar-refractivity contribution in [3.05, 3.63) is 0 Å². The highest BCUT2D eigenvalue weighted by Gasteiger charge is 2.65. The van der Waals surface area contributed by atoms with Crippen LogP contribution < -0.4 is 0 Å². The van der Waals surface area contributed by atoms with Gasteiger partial charge in [0, 0.05) is 18.5 Å². The summed E-state index contributed by atoms with van der Waals surface area (Å²) >= 11 is 4.87. The molecule has 6 heteroatoms. The van der Waals surface area contributed by atoms with Crippen LogP contribution in [0.15, 0.2) is 0 Å². The molecular formula is C14H36S2Si4. The Morgan fingerprint density at radius 2 is 0.900 bits per heavy atom. The first-order valence-electron chi connectivity index (χ1n) is 7.99.